The Hall–Kier alpha value is -2.35. The van der Waals surface area contributed by atoms with Crippen LogP contribution in [0.4, 0.5) is 0 Å². The topological polar surface area (TPSA) is 59.9 Å². The Bertz CT molecular complexity index is 1520. The first-order chi connectivity index (χ1) is 17.6. The van der Waals surface area contributed by atoms with E-state index >= 15 is 0 Å². The summed E-state index contributed by atoms with van der Waals surface area (Å²) in [5.41, 5.74) is 3.60. The van der Waals surface area contributed by atoms with Gasteiger partial charge >= 0.3 is 0 Å². The van der Waals surface area contributed by atoms with Crippen molar-refractivity contribution in [2.75, 3.05) is 0 Å². The maximum absolute atomic E-state index is 11.6. The predicted molar refractivity (Wildman–Crippen MR) is 167 cm³/mol. The first-order valence-electron chi connectivity index (χ1n) is 11.1. The van der Waals surface area contributed by atoms with Gasteiger partial charge in [-0.15, -0.1) is 22.7 Å². The molecule has 4 nitrogen and oxygen atoms in total. The molecule has 13 heteroatoms. The Balaban J connectivity index is 0.000000175. The van der Waals surface area contributed by atoms with E-state index in [9.17, 15) is 9.59 Å². The van der Waals surface area contributed by atoms with Crippen LogP contribution in [0.2, 0.25) is 0 Å². The van der Waals surface area contributed by atoms with E-state index in [0.717, 1.165) is 46.9 Å². The molecule has 5 aromatic rings. The van der Waals surface area contributed by atoms with E-state index < -0.39 is 12.8 Å². The molecule has 0 spiro atoms. The van der Waals surface area contributed by atoms with Gasteiger partial charge in [-0.1, -0.05) is 22.0 Å². The van der Waals surface area contributed by atoms with Crippen LogP contribution < -0.4 is 0 Å². The number of carbonyl (C=O) groups is 2. The lowest BCUT2D eigenvalue weighted by Gasteiger charge is -2.01. The van der Waals surface area contributed by atoms with Crippen LogP contribution in [0.5, 0.6) is 0 Å². The molecule has 37 heavy (non-hydrogen) atoms. The van der Waals surface area contributed by atoms with Crippen molar-refractivity contribution in [2.45, 2.75) is 13.8 Å². The summed E-state index contributed by atoms with van der Waals surface area (Å²) in [4.78, 5) is 30.8. The molecule has 0 saturated heterocycles. The number of Topliss-reactive ketones (excluding diaryl/α,β-unsaturated/α-hetero) is 2. The highest BCUT2D eigenvalue weighted by atomic mass is 79.9. The van der Waals surface area contributed by atoms with Crippen LogP contribution in [0.3, 0.4) is 0 Å². The third kappa shape index (κ3) is 7.82. The highest BCUT2D eigenvalue weighted by Gasteiger charge is 2.10. The van der Waals surface area contributed by atoms with Gasteiger partial charge < -0.3 is 0 Å². The van der Waals surface area contributed by atoms with Crippen molar-refractivity contribution in [3.8, 4) is 11.1 Å². The minimum absolute atomic E-state index is 0.0997. The summed E-state index contributed by atoms with van der Waals surface area (Å²) in [5.74, 6) is 0.229. The zero-order valence-electron chi connectivity index (χ0n) is 20.2. The Labute approximate surface area is 238 Å². The molecule has 8 radical (unpaired) electrons. The molecule has 0 atom stereocenters. The number of carbonyl (C=O) groups excluding carboxylic acids is 2. The maximum Gasteiger partial charge on any atom is 0.161 e. The van der Waals surface area contributed by atoms with Crippen LogP contribution in [0, 0.1) is 0 Å². The van der Waals surface area contributed by atoms with Crippen molar-refractivity contribution in [2.24, 2.45) is 0 Å². The number of nitrogens with zero attached hydrogens (tertiary/aromatic N) is 2. The van der Waals surface area contributed by atoms with Crippen molar-refractivity contribution in [1.29, 1.82) is 0 Å². The summed E-state index contributed by atoms with van der Waals surface area (Å²) in [6, 6.07) is 12.1. The normalized spacial score (nSPS) is 10.1. The molecule has 0 amide bonds. The lowest BCUT2D eigenvalue weighted by molar-refractivity contribution is 0.101. The third-order valence-electron chi connectivity index (χ3n) is 5.21. The SMILES string of the molecule is CC(=O)c1csc2ccc(-c3cncnc3)cc12.CC(=O)c1csc2ccc(Br)cc12.[B]B([B])B([B])[B]. The van der Waals surface area contributed by atoms with Gasteiger partial charge in [-0.3, -0.25) is 9.59 Å². The molecular formula is C24H17B6BrN2O2S2. The molecular weight excluding hydrogens is 557 g/mol. The highest BCUT2D eigenvalue weighted by molar-refractivity contribution is 9.10. The maximum atomic E-state index is 11.6. The number of benzene rings is 2. The summed E-state index contributed by atoms with van der Waals surface area (Å²) < 4.78 is 3.30. The molecule has 2 aromatic carbocycles. The molecule has 0 aliphatic rings. The number of hydrogen-bond donors (Lipinski definition) is 0. The Morgan fingerprint density at radius 2 is 1.24 bits per heavy atom. The summed E-state index contributed by atoms with van der Waals surface area (Å²) in [5, 5.41) is 5.89. The third-order valence-corrected chi connectivity index (χ3v) is 7.63. The van der Waals surface area contributed by atoms with Gasteiger partial charge in [0.25, 0.3) is 0 Å². The lowest BCUT2D eigenvalue weighted by atomic mass is 8.81. The molecule has 0 N–H and O–H groups in total. The number of thiophene rings is 2. The average molecular weight is 574 g/mol. The van der Waals surface area contributed by atoms with Crippen molar-refractivity contribution < 1.29 is 9.59 Å². The van der Waals surface area contributed by atoms with Gasteiger partial charge in [-0.05, 0) is 49.7 Å². The number of hydrogen-bond acceptors (Lipinski definition) is 6. The monoisotopic (exact) mass is 574 g/mol. The van der Waals surface area contributed by atoms with Crippen LogP contribution in [0.1, 0.15) is 34.6 Å². The van der Waals surface area contributed by atoms with Gasteiger partial charge in [0.15, 0.2) is 11.6 Å². The van der Waals surface area contributed by atoms with Gasteiger partial charge in [0.05, 0.1) is 0 Å². The smallest absolute Gasteiger partial charge is 0.161 e. The second-order valence-corrected chi connectivity index (χ2v) is 10.8. The summed E-state index contributed by atoms with van der Waals surface area (Å²) in [7, 11) is 19.9. The van der Waals surface area contributed by atoms with Gasteiger partial charge in [0, 0.05) is 108 Å². The van der Waals surface area contributed by atoms with Gasteiger partial charge in [-0.25, -0.2) is 9.97 Å². The van der Waals surface area contributed by atoms with Crippen molar-refractivity contribution in [3.05, 3.63) is 81.5 Å². The van der Waals surface area contributed by atoms with Gasteiger partial charge in [0.1, 0.15) is 6.33 Å². The van der Waals surface area contributed by atoms with E-state index in [1.165, 1.54) is 6.33 Å². The van der Waals surface area contributed by atoms with Crippen molar-refractivity contribution in [1.82, 2.24) is 9.97 Å². The van der Waals surface area contributed by atoms with Crippen LogP contribution >= 0.6 is 38.6 Å². The van der Waals surface area contributed by atoms with E-state index in [2.05, 4.69) is 25.9 Å². The van der Waals surface area contributed by atoms with Crippen LogP contribution in [0.25, 0.3) is 31.3 Å². The molecule has 0 unspecified atom stereocenters. The first kappa shape index (κ1) is 29.2. The van der Waals surface area contributed by atoms with E-state index in [4.69, 9.17) is 30.9 Å². The number of aromatic nitrogens is 2. The van der Waals surface area contributed by atoms with Crippen LogP contribution in [-0.4, -0.2) is 65.3 Å². The number of fused-ring (bicyclic) bond motifs is 2. The zero-order valence-corrected chi connectivity index (χ0v) is 23.4. The summed E-state index contributed by atoms with van der Waals surface area (Å²) in [6.45, 7) is 3.20. The second kappa shape index (κ2) is 13.4. The van der Waals surface area contributed by atoms with E-state index in [1.807, 2.05) is 47.2 Å². The molecule has 3 heterocycles. The van der Waals surface area contributed by atoms with Crippen molar-refractivity contribution >= 4 is 114 Å². The van der Waals surface area contributed by atoms with Gasteiger partial charge in [0.2, 0.25) is 0 Å². The fourth-order valence-corrected chi connectivity index (χ4v) is 5.52. The molecule has 5 rings (SSSR count). The minimum Gasteiger partial charge on any atom is -0.294 e. The fourth-order valence-electron chi connectivity index (χ4n) is 3.20. The Kier molecular flexibility index (Phi) is 10.6. The summed E-state index contributed by atoms with van der Waals surface area (Å²) in [6.07, 6.45) is 3.87. The lowest BCUT2D eigenvalue weighted by Crippen LogP contribution is -2.38. The molecule has 0 aliphatic carbocycles. The van der Waals surface area contributed by atoms with Crippen LogP contribution in [0.15, 0.2) is 70.4 Å². The molecule has 0 fully saturated rings. The number of ketones is 2. The molecule has 172 valence electrons. The van der Waals surface area contributed by atoms with E-state index in [-0.39, 0.29) is 11.6 Å². The molecule has 0 saturated carbocycles. The van der Waals surface area contributed by atoms with Crippen molar-refractivity contribution in [3.63, 3.8) is 0 Å². The fraction of sp³-hybridized carbons (Fsp3) is 0.0833. The number of halogens is 1. The predicted octanol–water partition coefficient (Wildman–Crippen LogP) is 5.14. The largest absolute Gasteiger partial charge is 0.294 e. The quantitative estimate of drug-likeness (QED) is 0.220. The first-order valence-corrected chi connectivity index (χ1v) is 13.6. The molecule has 0 aliphatic heterocycles. The molecule has 3 aromatic heterocycles. The van der Waals surface area contributed by atoms with Crippen LogP contribution in [-0.2, 0) is 0 Å². The standard InChI is InChI=1S/C14H10N2OS.C10H7BrOS.B6/c1-9(17)13-7-18-14-3-2-10(4-12(13)14)11-5-15-8-16-6-11;1-6(12)9-5-13-10-3-2-7(11)4-8(9)10;1-5(2)6(3)4/h2-8H,1H3;2-5H,1H3;. The Morgan fingerprint density at radius 3 is 1.73 bits per heavy atom. The van der Waals surface area contributed by atoms with E-state index in [1.54, 1.807) is 48.9 Å². The van der Waals surface area contributed by atoms with E-state index in [0.29, 0.717) is 0 Å². The zero-order chi connectivity index (χ0) is 27.1. The second-order valence-electron chi connectivity index (χ2n) is 8.04. The minimum atomic E-state index is -0.593. The average Bonchev–Trinajstić information content (AvgIpc) is 3.49. The Morgan fingerprint density at radius 1 is 0.757 bits per heavy atom. The summed E-state index contributed by atoms with van der Waals surface area (Å²) >= 11 is 6.60. The van der Waals surface area contributed by atoms with Gasteiger partial charge in [-0.2, -0.15) is 0 Å². The number of rotatable bonds is 4. The highest BCUT2D eigenvalue weighted by Crippen LogP contribution is 2.31. The molecule has 0 bridgehead atoms.